The minimum atomic E-state index is 0.450. The lowest BCUT2D eigenvalue weighted by Gasteiger charge is -2.20. The van der Waals surface area contributed by atoms with Gasteiger partial charge in [-0.25, -0.2) is 0 Å². The Hall–Kier alpha value is -1.12. The first-order valence-electron chi connectivity index (χ1n) is 7.01. The van der Waals surface area contributed by atoms with Crippen LogP contribution in [0.2, 0.25) is 0 Å². The van der Waals surface area contributed by atoms with E-state index in [1.807, 2.05) is 11.3 Å². The van der Waals surface area contributed by atoms with E-state index in [9.17, 15) is 0 Å². The van der Waals surface area contributed by atoms with Crippen molar-refractivity contribution >= 4 is 11.3 Å². The minimum absolute atomic E-state index is 0.450. The maximum atomic E-state index is 3.70. The Balaban J connectivity index is 1.81. The quantitative estimate of drug-likeness (QED) is 0.802. The molecule has 1 aromatic heterocycles. The van der Waals surface area contributed by atoms with Crippen LogP contribution < -0.4 is 5.32 Å². The molecule has 0 bridgehead atoms. The van der Waals surface area contributed by atoms with E-state index in [2.05, 4.69) is 67.9 Å². The van der Waals surface area contributed by atoms with Gasteiger partial charge >= 0.3 is 0 Å². The number of aryl methyl sites for hydroxylation is 2. The van der Waals surface area contributed by atoms with Gasteiger partial charge in [0.15, 0.2) is 0 Å². The summed E-state index contributed by atoms with van der Waals surface area (Å²) < 4.78 is 0. The monoisotopic (exact) mass is 273 g/mol. The van der Waals surface area contributed by atoms with Crippen LogP contribution in [-0.2, 0) is 6.42 Å². The first-order chi connectivity index (χ1) is 9.16. The summed E-state index contributed by atoms with van der Waals surface area (Å²) in [4.78, 5) is 1.46. The Morgan fingerprint density at radius 3 is 2.47 bits per heavy atom. The Morgan fingerprint density at radius 1 is 1.11 bits per heavy atom. The van der Waals surface area contributed by atoms with Gasteiger partial charge in [-0.15, -0.1) is 11.3 Å². The molecule has 0 saturated carbocycles. The van der Waals surface area contributed by atoms with Crippen LogP contribution in [0, 0.1) is 6.92 Å². The molecule has 19 heavy (non-hydrogen) atoms. The van der Waals surface area contributed by atoms with Gasteiger partial charge < -0.3 is 5.32 Å². The first-order valence-corrected chi connectivity index (χ1v) is 7.88. The number of hydrogen-bond acceptors (Lipinski definition) is 2. The lowest BCUT2D eigenvalue weighted by atomic mass is 10.1. The van der Waals surface area contributed by atoms with Gasteiger partial charge in [0.1, 0.15) is 0 Å². The molecule has 2 unspecified atom stereocenters. The summed E-state index contributed by atoms with van der Waals surface area (Å²) in [5.41, 5.74) is 2.83. The maximum Gasteiger partial charge on any atom is 0.0390 e. The molecule has 0 amide bonds. The lowest BCUT2D eigenvalue weighted by molar-refractivity contribution is 0.459. The number of thiophene rings is 1. The highest BCUT2D eigenvalue weighted by atomic mass is 32.1. The largest absolute Gasteiger partial charge is 0.307 e. The number of hydrogen-bond donors (Lipinski definition) is 1. The summed E-state index contributed by atoms with van der Waals surface area (Å²) in [6, 6.07) is 13.9. The van der Waals surface area contributed by atoms with E-state index in [-0.39, 0.29) is 0 Å². The molecule has 0 aliphatic carbocycles. The highest BCUT2D eigenvalue weighted by molar-refractivity contribution is 7.10. The fraction of sp³-hybridized carbons (Fsp3) is 0.412. The van der Waals surface area contributed by atoms with Gasteiger partial charge in [-0.2, -0.15) is 0 Å². The second-order valence-electron chi connectivity index (χ2n) is 5.28. The molecule has 1 heterocycles. The Labute approximate surface area is 120 Å². The van der Waals surface area contributed by atoms with Crippen LogP contribution in [-0.4, -0.2) is 6.04 Å². The van der Waals surface area contributed by atoms with Crippen LogP contribution in [0.25, 0.3) is 0 Å². The van der Waals surface area contributed by atoms with Crippen LogP contribution in [0.15, 0.2) is 41.8 Å². The summed E-state index contributed by atoms with van der Waals surface area (Å²) in [7, 11) is 0. The van der Waals surface area contributed by atoms with E-state index >= 15 is 0 Å². The van der Waals surface area contributed by atoms with Gasteiger partial charge in [0.2, 0.25) is 0 Å². The normalized spacial score (nSPS) is 14.3. The van der Waals surface area contributed by atoms with Gasteiger partial charge in [0.25, 0.3) is 0 Å². The Kier molecular flexibility index (Phi) is 5.17. The molecule has 1 aromatic carbocycles. The van der Waals surface area contributed by atoms with Crippen LogP contribution in [0.4, 0.5) is 0 Å². The van der Waals surface area contributed by atoms with Crippen molar-refractivity contribution in [2.24, 2.45) is 0 Å². The molecule has 0 aliphatic heterocycles. The van der Waals surface area contributed by atoms with E-state index in [0.717, 1.165) is 6.42 Å². The molecule has 0 spiro atoms. The second kappa shape index (κ2) is 6.88. The number of nitrogens with one attached hydrogen (secondary N) is 1. The van der Waals surface area contributed by atoms with Crippen LogP contribution in [0.5, 0.6) is 0 Å². The van der Waals surface area contributed by atoms with Crippen molar-refractivity contribution in [3.05, 3.63) is 57.8 Å². The van der Waals surface area contributed by atoms with Crippen molar-refractivity contribution < 1.29 is 0 Å². The predicted molar refractivity (Wildman–Crippen MR) is 84.8 cm³/mol. The molecule has 102 valence electrons. The van der Waals surface area contributed by atoms with Crippen LogP contribution in [0.1, 0.15) is 42.3 Å². The molecular weight excluding hydrogens is 250 g/mol. The molecule has 1 N–H and O–H groups in total. The summed E-state index contributed by atoms with van der Waals surface area (Å²) in [5.74, 6) is 0. The van der Waals surface area contributed by atoms with E-state index in [4.69, 9.17) is 0 Å². The highest BCUT2D eigenvalue weighted by Crippen LogP contribution is 2.24. The van der Waals surface area contributed by atoms with Crippen molar-refractivity contribution in [1.29, 1.82) is 0 Å². The predicted octanol–water partition coefficient (Wildman–Crippen LogP) is 4.73. The average molecular weight is 273 g/mol. The van der Waals surface area contributed by atoms with Crippen molar-refractivity contribution in [2.75, 3.05) is 0 Å². The van der Waals surface area contributed by atoms with Gasteiger partial charge in [-0.05, 0) is 56.2 Å². The summed E-state index contributed by atoms with van der Waals surface area (Å²) in [6.07, 6.45) is 2.32. The molecule has 0 radical (unpaired) electrons. The van der Waals surface area contributed by atoms with Gasteiger partial charge in [0, 0.05) is 17.0 Å². The van der Waals surface area contributed by atoms with Crippen molar-refractivity contribution in [3.63, 3.8) is 0 Å². The van der Waals surface area contributed by atoms with Crippen molar-refractivity contribution in [2.45, 2.75) is 45.7 Å². The smallest absolute Gasteiger partial charge is 0.0390 e. The zero-order valence-corrected chi connectivity index (χ0v) is 12.8. The fourth-order valence-electron chi connectivity index (χ4n) is 2.44. The number of benzene rings is 1. The van der Waals surface area contributed by atoms with E-state index < -0.39 is 0 Å². The molecule has 2 rings (SSSR count). The van der Waals surface area contributed by atoms with Gasteiger partial charge in [-0.1, -0.05) is 30.3 Å². The molecule has 2 atom stereocenters. The summed E-state index contributed by atoms with van der Waals surface area (Å²) in [6.45, 7) is 6.73. The van der Waals surface area contributed by atoms with E-state index in [0.29, 0.717) is 12.1 Å². The fourth-order valence-corrected chi connectivity index (χ4v) is 3.39. The molecule has 0 aliphatic rings. The zero-order valence-electron chi connectivity index (χ0n) is 12.0. The molecular formula is C17H23NS. The van der Waals surface area contributed by atoms with Crippen LogP contribution >= 0.6 is 11.3 Å². The average Bonchev–Trinajstić information content (AvgIpc) is 2.84. The van der Waals surface area contributed by atoms with E-state index in [1.165, 1.54) is 22.4 Å². The maximum absolute atomic E-state index is 3.70. The standard InChI is InChI=1S/C17H23NS/c1-13-11-12-19-17(13)15(3)18-14(2)9-10-16-7-5-4-6-8-16/h4-8,11-12,14-15,18H,9-10H2,1-3H3. The minimum Gasteiger partial charge on any atom is -0.307 e. The molecule has 2 heteroatoms. The molecule has 0 fully saturated rings. The van der Waals surface area contributed by atoms with Crippen LogP contribution in [0.3, 0.4) is 0 Å². The highest BCUT2D eigenvalue weighted by Gasteiger charge is 2.12. The lowest BCUT2D eigenvalue weighted by Crippen LogP contribution is -2.29. The Bertz CT molecular complexity index is 489. The van der Waals surface area contributed by atoms with E-state index in [1.54, 1.807) is 0 Å². The van der Waals surface area contributed by atoms with Gasteiger partial charge in [-0.3, -0.25) is 0 Å². The first kappa shape index (κ1) is 14.3. The summed E-state index contributed by atoms with van der Waals surface area (Å²) >= 11 is 1.85. The molecule has 2 aromatic rings. The second-order valence-corrected chi connectivity index (χ2v) is 6.23. The Morgan fingerprint density at radius 2 is 1.84 bits per heavy atom. The van der Waals surface area contributed by atoms with Gasteiger partial charge in [0.05, 0.1) is 0 Å². The van der Waals surface area contributed by atoms with Crippen molar-refractivity contribution in [1.82, 2.24) is 5.32 Å². The third-order valence-electron chi connectivity index (χ3n) is 3.54. The van der Waals surface area contributed by atoms with Crippen molar-refractivity contribution in [3.8, 4) is 0 Å². The number of rotatable bonds is 6. The third kappa shape index (κ3) is 4.19. The zero-order chi connectivity index (χ0) is 13.7. The topological polar surface area (TPSA) is 12.0 Å². The molecule has 1 nitrogen and oxygen atoms in total. The molecule has 0 saturated heterocycles. The summed E-state index contributed by atoms with van der Waals surface area (Å²) in [5, 5.41) is 5.88. The third-order valence-corrected chi connectivity index (χ3v) is 4.74. The SMILES string of the molecule is Cc1ccsc1C(C)NC(C)CCc1ccccc1.